The number of nitrogens with one attached hydrogen (secondary N) is 1. The van der Waals surface area contributed by atoms with Gasteiger partial charge < -0.3 is 10.2 Å². The standard InChI is InChI=1S/C22H27N3O2/c1-17-9-12-25(13-10-17)22(27)20-14-19(15-23-16-20)21(26)24-11-5-8-18-6-3-2-4-7-18/h2-4,6-7,14-17H,5,8-13H2,1H3,(H,24,26). The van der Waals surface area contributed by atoms with Crippen molar-refractivity contribution in [1.82, 2.24) is 15.2 Å². The highest BCUT2D eigenvalue weighted by molar-refractivity contribution is 5.99. The molecule has 1 aliphatic heterocycles. The number of pyridine rings is 1. The molecule has 3 rings (SSSR count). The Morgan fingerprint density at radius 2 is 1.81 bits per heavy atom. The number of carbonyl (C=O) groups excluding carboxylic acids is 2. The van der Waals surface area contributed by atoms with Crippen molar-refractivity contribution in [2.75, 3.05) is 19.6 Å². The Kier molecular flexibility index (Phi) is 6.58. The Labute approximate surface area is 160 Å². The molecule has 2 heterocycles. The molecule has 1 aromatic heterocycles. The Morgan fingerprint density at radius 3 is 2.56 bits per heavy atom. The van der Waals surface area contributed by atoms with E-state index >= 15 is 0 Å². The van der Waals surface area contributed by atoms with Crippen molar-refractivity contribution in [1.29, 1.82) is 0 Å². The Morgan fingerprint density at radius 1 is 1.11 bits per heavy atom. The minimum atomic E-state index is -0.183. The molecule has 0 saturated carbocycles. The normalized spacial score (nSPS) is 14.8. The largest absolute Gasteiger partial charge is 0.352 e. The van der Waals surface area contributed by atoms with Crippen LogP contribution in [0.4, 0.5) is 0 Å². The molecule has 142 valence electrons. The fourth-order valence-corrected chi connectivity index (χ4v) is 3.32. The fraction of sp³-hybridized carbons (Fsp3) is 0.409. The first-order valence-corrected chi connectivity index (χ1v) is 9.70. The van der Waals surface area contributed by atoms with Gasteiger partial charge in [0.05, 0.1) is 11.1 Å². The first kappa shape index (κ1) is 19.1. The number of amides is 2. The van der Waals surface area contributed by atoms with Crippen LogP contribution in [-0.2, 0) is 6.42 Å². The van der Waals surface area contributed by atoms with E-state index in [4.69, 9.17) is 0 Å². The van der Waals surface area contributed by atoms with Crippen LogP contribution in [0.5, 0.6) is 0 Å². The van der Waals surface area contributed by atoms with Crippen LogP contribution in [-0.4, -0.2) is 41.3 Å². The molecule has 5 heteroatoms. The summed E-state index contributed by atoms with van der Waals surface area (Å²) in [6.07, 6.45) is 6.91. The summed E-state index contributed by atoms with van der Waals surface area (Å²) in [5, 5.41) is 2.92. The van der Waals surface area contributed by atoms with E-state index < -0.39 is 0 Å². The zero-order chi connectivity index (χ0) is 19.1. The second kappa shape index (κ2) is 9.31. The Hall–Kier alpha value is -2.69. The van der Waals surface area contributed by atoms with Crippen LogP contribution < -0.4 is 5.32 Å². The number of hydrogen-bond donors (Lipinski definition) is 1. The minimum absolute atomic E-state index is 0.0341. The molecule has 2 aromatic rings. The van der Waals surface area contributed by atoms with Gasteiger partial charge in [0.1, 0.15) is 0 Å². The van der Waals surface area contributed by atoms with Gasteiger partial charge >= 0.3 is 0 Å². The predicted octanol–water partition coefficient (Wildman–Crippen LogP) is 3.32. The number of aromatic nitrogens is 1. The number of aryl methyl sites for hydroxylation is 1. The molecule has 1 N–H and O–H groups in total. The van der Waals surface area contributed by atoms with Crippen LogP contribution in [0.15, 0.2) is 48.8 Å². The van der Waals surface area contributed by atoms with Gasteiger partial charge in [0.2, 0.25) is 0 Å². The average molecular weight is 365 g/mol. The van der Waals surface area contributed by atoms with Crippen molar-refractivity contribution in [2.45, 2.75) is 32.6 Å². The predicted molar refractivity (Wildman–Crippen MR) is 106 cm³/mol. The summed E-state index contributed by atoms with van der Waals surface area (Å²) < 4.78 is 0. The van der Waals surface area contributed by atoms with Crippen LogP contribution in [0.25, 0.3) is 0 Å². The number of likely N-dealkylation sites (tertiary alicyclic amines) is 1. The van der Waals surface area contributed by atoms with E-state index in [1.54, 1.807) is 12.3 Å². The number of piperidine rings is 1. The number of nitrogens with zero attached hydrogens (tertiary/aromatic N) is 2. The average Bonchev–Trinajstić information content (AvgIpc) is 2.72. The third kappa shape index (κ3) is 5.39. The Balaban J connectivity index is 1.51. The molecule has 0 aliphatic carbocycles. The van der Waals surface area contributed by atoms with Crippen LogP contribution >= 0.6 is 0 Å². The van der Waals surface area contributed by atoms with Gasteiger partial charge in [0.15, 0.2) is 0 Å². The molecule has 0 atom stereocenters. The molecule has 1 aromatic carbocycles. The Bertz CT molecular complexity index is 768. The molecule has 0 unspecified atom stereocenters. The summed E-state index contributed by atoms with van der Waals surface area (Å²) in [7, 11) is 0. The third-order valence-electron chi connectivity index (χ3n) is 5.09. The first-order valence-electron chi connectivity index (χ1n) is 9.70. The van der Waals surface area contributed by atoms with E-state index in [9.17, 15) is 9.59 Å². The highest BCUT2D eigenvalue weighted by Crippen LogP contribution is 2.18. The van der Waals surface area contributed by atoms with Crippen molar-refractivity contribution < 1.29 is 9.59 Å². The van der Waals surface area contributed by atoms with Crippen molar-refractivity contribution in [2.24, 2.45) is 5.92 Å². The molecule has 1 fully saturated rings. The summed E-state index contributed by atoms with van der Waals surface area (Å²) in [5.74, 6) is 0.450. The summed E-state index contributed by atoms with van der Waals surface area (Å²) in [5.41, 5.74) is 2.18. The summed E-state index contributed by atoms with van der Waals surface area (Å²) in [6.45, 7) is 4.36. The second-order valence-corrected chi connectivity index (χ2v) is 7.28. The lowest BCUT2D eigenvalue weighted by Gasteiger charge is -2.30. The highest BCUT2D eigenvalue weighted by Gasteiger charge is 2.22. The highest BCUT2D eigenvalue weighted by atomic mass is 16.2. The molecular formula is C22H27N3O2. The van der Waals surface area contributed by atoms with Gasteiger partial charge in [-0.1, -0.05) is 37.3 Å². The van der Waals surface area contributed by atoms with Crippen molar-refractivity contribution in [3.63, 3.8) is 0 Å². The molecule has 0 bridgehead atoms. The third-order valence-corrected chi connectivity index (χ3v) is 5.09. The monoisotopic (exact) mass is 365 g/mol. The molecule has 1 saturated heterocycles. The number of benzene rings is 1. The molecule has 2 amide bonds. The van der Waals surface area contributed by atoms with E-state index in [1.807, 2.05) is 23.1 Å². The number of hydrogen-bond acceptors (Lipinski definition) is 3. The van der Waals surface area contributed by atoms with Gasteiger partial charge in [-0.2, -0.15) is 0 Å². The van der Waals surface area contributed by atoms with E-state index in [0.717, 1.165) is 38.8 Å². The lowest BCUT2D eigenvalue weighted by Crippen LogP contribution is -2.38. The molecule has 5 nitrogen and oxygen atoms in total. The van der Waals surface area contributed by atoms with Gasteiger partial charge in [-0.15, -0.1) is 0 Å². The second-order valence-electron chi connectivity index (χ2n) is 7.28. The van der Waals surface area contributed by atoms with E-state index in [-0.39, 0.29) is 11.8 Å². The topological polar surface area (TPSA) is 62.3 Å². The van der Waals surface area contributed by atoms with E-state index in [2.05, 4.69) is 29.4 Å². The van der Waals surface area contributed by atoms with Gasteiger partial charge in [-0.25, -0.2) is 0 Å². The minimum Gasteiger partial charge on any atom is -0.352 e. The molecule has 27 heavy (non-hydrogen) atoms. The van der Waals surface area contributed by atoms with Crippen LogP contribution in [0.2, 0.25) is 0 Å². The summed E-state index contributed by atoms with van der Waals surface area (Å²) in [6, 6.07) is 11.9. The van der Waals surface area contributed by atoms with Crippen LogP contribution in [0.1, 0.15) is 52.5 Å². The zero-order valence-corrected chi connectivity index (χ0v) is 15.9. The quantitative estimate of drug-likeness (QED) is 0.799. The maximum absolute atomic E-state index is 12.7. The van der Waals surface area contributed by atoms with E-state index in [0.29, 0.717) is 23.6 Å². The van der Waals surface area contributed by atoms with Crippen molar-refractivity contribution in [3.05, 3.63) is 65.5 Å². The van der Waals surface area contributed by atoms with Crippen LogP contribution in [0, 0.1) is 5.92 Å². The van der Waals surface area contributed by atoms with Gasteiger partial charge in [-0.05, 0) is 43.2 Å². The molecule has 1 aliphatic rings. The lowest BCUT2D eigenvalue weighted by molar-refractivity contribution is 0.0697. The fourth-order valence-electron chi connectivity index (χ4n) is 3.32. The smallest absolute Gasteiger partial charge is 0.255 e. The van der Waals surface area contributed by atoms with E-state index in [1.165, 1.54) is 11.8 Å². The van der Waals surface area contributed by atoms with Gasteiger partial charge in [0.25, 0.3) is 11.8 Å². The van der Waals surface area contributed by atoms with Crippen molar-refractivity contribution in [3.8, 4) is 0 Å². The maximum Gasteiger partial charge on any atom is 0.255 e. The lowest BCUT2D eigenvalue weighted by atomic mass is 9.98. The number of rotatable bonds is 6. The summed E-state index contributed by atoms with van der Waals surface area (Å²) in [4.78, 5) is 31.0. The van der Waals surface area contributed by atoms with Crippen molar-refractivity contribution >= 4 is 11.8 Å². The molecule has 0 spiro atoms. The molecular weight excluding hydrogens is 338 g/mol. The zero-order valence-electron chi connectivity index (χ0n) is 15.9. The van der Waals surface area contributed by atoms with Gasteiger partial charge in [-0.3, -0.25) is 14.6 Å². The molecule has 0 radical (unpaired) electrons. The summed E-state index contributed by atoms with van der Waals surface area (Å²) >= 11 is 0. The van der Waals surface area contributed by atoms with Gasteiger partial charge in [0, 0.05) is 32.0 Å². The maximum atomic E-state index is 12.7. The SMILES string of the molecule is CC1CCN(C(=O)c2cncc(C(=O)NCCCc3ccccc3)c2)CC1. The first-order chi connectivity index (χ1) is 13.1. The number of carbonyl (C=O) groups is 2. The van der Waals surface area contributed by atoms with Crippen LogP contribution in [0.3, 0.4) is 0 Å².